The first-order valence-electron chi connectivity index (χ1n) is 10.3. The molecule has 9 heteroatoms. The minimum absolute atomic E-state index is 0.118. The number of benzene rings is 2. The average molecular weight is 464 g/mol. The van der Waals surface area contributed by atoms with Gasteiger partial charge in [-0.15, -0.1) is 0 Å². The number of rotatable bonds is 9. The van der Waals surface area contributed by atoms with Gasteiger partial charge in [0, 0.05) is 12.6 Å². The van der Waals surface area contributed by atoms with Gasteiger partial charge in [-0.05, 0) is 57.5 Å². The number of nitrogens with zero attached hydrogens (tertiary/aromatic N) is 2. The van der Waals surface area contributed by atoms with E-state index in [1.807, 2.05) is 45.0 Å². The molecule has 174 valence electrons. The second-order valence-electron chi connectivity index (χ2n) is 8.09. The number of nitrogens with one attached hydrogen (secondary N) is 1. The van der Waals surface area contributed by atoms with Crippen molar-refractivity contribution in [1.29, 1.82) is 0 Å². The molecule has 0 aliphatic heterocycles. The Morgan fingerprint density at radius 3 is 2.06 bits per heavy atom. The lowest BCUT2D eigenvalue weighted by Crippen LogP contribution is -2.52. The van der Waals surface area contributed by atoms with Gasteiger partial charge >= 0.3 is 0 Å². The fraction of sp³-hybridized carbons (Fsp3) is 0.391. The van der Waals surface area contributed by atoms with Crippen LogP contribution in [0.5, 0.6) is 0 Å². The highest BCUT2D eigenvalue weighted by atomic mass is 32.2. The lowest BCUT2D eigenvalue weighted by molar-refractivity contribution is -0.139. The first-order valence-corrected chi connectivity index (χ1v) is 12.1. The molecule has 0 aromatic heterocycles. The van der Waals surface area contributed by atoms with Crippen LogP contribution in [-0.4, -0.2) is 50.0 Å². The van der Waals surface area contributed by atoms with Crippen molar-refractivity contribution in [1.82, 2.24) is 10.2 Å². The van der Waals surface area contributed by atoms with Crippen molar-refractivity contribution in [2.75, 3.05) is 17.1 Å². The van der Waals surface area contributed by atoms with Crippen LogP contribution < -0.4 is 9.62 Å². The van der Waals surface area contributed by atoms with Crippen LogP contribution >= 0.6 is 0 Å². The van der Waals surface area contributed by atoms with Crippen molar-refractivity contribution in [3.8, 4) is 0 Å². The van der Waals surface area contributed by atoms with E-state index >= 15 is 0 Å². The summed E-state index contributed by atoms with van der Waals surface area (Å²) in [7, 11) is -3.84. The van der Waals surface area contributed by atoms with Crippen LogP contribution in [0.2, 0.25) is 0 Å². The Morgan fingerprint density at radius 1 is 1.00 bits per heavy atom. The Morgan fingerprint density at radius 2 is 1.56 bits per heavy atom. The van der Waals surface area contributed by atoms with E-state index in [-0.39, 0.29) is 24.2 Å². The number of sulfonamides is 1. The fourth-order valence-electron chi connectivity index (χ4n) is 3.10. The normalized spacial score (nSPS) is 12.3. The number of carbonyl (C=O) groups excluding carboxylic acids is 2. The summed E-state index contributed by atoms with van der Waals surface area (Å²) < 4.78 is 39.0. The summed E-state index contributed by atoms with van der Waals surface area (Å²) in [5, 5.41) is 2.79. The molecule has 0 saturated carbocycles. The van der Waals surface area contributed by atoms with Crippen LogP contribution in [0.1, 0.15) is 31.9 Å². The smallest absolute Gasteiger partial charge is 0.244 e. The van der Waals surface area contributed by atoms with Gasteiger partial charge in [0.1, 0.15) is 18.4 Å². The van der Waals surface area contributed by atoms with Gasteiger partial charge in [-0.2, -0.15) is 0 Å². The lowest BCUT2D eigenvalue weighted by Gasteiger charge is -2.32. The maximum absolute atomic E-state index is 13.3. The molecule has 2 amide bonds. The number of amides is 2. The molecule has 0 aliphatic carbocycles. The Kier molecular flexibility index (Phi) is 8.38. The molecule has 1 N–H and O–H groups in total. The van der Waals surface area contributed by atoms with Gasteiger partial charge in [0.15, 0.2) is 0 Å². The van der Waals surface area contributed by atoms with E-state index in [2.05, 4.69) is 5.32 Å². The van der Waals surface area contributed by atoms with Crippen LogP contribution in [0.25, 0.3) is 0 Å². The van der Waals surface area contributed by atoms with Crippen molar-refractivity contribution < 1.29 is 22.4 Å². The molecule has 0 bridgehead atoms. The third-order valence-corrected chi connectivity index (χ3v) is 6.01. The van der Waals surface area contributed by atoms with Gasteiger partial charge in [-0.25, -0.2) is 12.8 Å². The SMILES string of the molecule is Cc1ccc(CN(C(=O)CN(c2ccc(F)cc2)S(C)(=O)=O)C(C)C(=O)NC(C)C)cc1. The van der Waals surface area contributed by atoms with Crippen LogP contribution in [0.3, 0.4) is 0 Å². The molecule has 0 radical (unpaired) electrons. The molecule has 0 saturated heterocycles. The Labute approximate surface area is 189 Å². The van der Waals surface area contributed by atoms with Crippen molar-refractivity contribution in [2.45, 2.75) is 46.3 Å². The van der Waals surface area contributed by atoms with E-state index in [1.165, 1.54) is 17.0 Å². The van der Waals surface area contributed by atoms with E-state index < -0.39 is 34.3 Å². The first-order chi connectivity index (χ1) is 14.9. The third-order valence-electron chi connectivity index (χ3n) is 4.87. The minimum Gasteiger partial charge on any atom is -0.352 e. The van der Waals surface area contributed by atoms with Gasteiger partial charge in [0.25, 0.3) is 0 Å². The zero-order valence-corrected chi connectivity index (χ0v) is 19.8. The summed E-state index contributed by atoms with van der Waals surface area (Å²) in [5.74, 6) is -1.41. The summed E-state index contributed by atoms with van der Waals surface area (Å²) in [6, 6.07) is 11.4. The topological polar surface area (TPSA) is 86.8 Å². The van der Waals surface area contributed by atoms with Gasteiger partial charge in [-0.3, -0.25) is 13.9 Å². The molecular formula is C23H30FN3O4S. The summed E-state index contributed by atoms with van der Waals surface area (Å²) in [6.45, 7) is 6.79. The predicted molar refractivity (Wildman–Crippen MR) is 123 cm³/mol. The number of carbonyl (C=O) groups is 2. The monoisotopic (exact) mass is 463 g/mol. The molecule has 7 nitrogen and oxygen atoms in total. The summed E-state index contributed by atoms with van der Waals surface area (Å²) in [4.78, 5) is 27.3. The van der Waals surface area contributed by atoms with Crippen LogP contribution in [-0.2, 0) is 26.2 Å². The minimum atomic E-state index is -3.84. The molecule has 2 rings (SSSR count). The van der Waals surface area contributed by atoms with E-state index in [0.29, 0.717) is 0 Å². The second kappa shape index (κ2) is 10.6. The van der Waals surface area contributed by atoms with E-state index in [1.54, 1.807) is 6.92 Å². The van der Waals surface area contributed by atoms with Crippen LogP contribution in [0.4, 0.5) is 10.1 Å². The largest absolute Gasteiger partial charge is 0.352 e. The quantitative estimate of drug-likeness (QED) is 0.620. The number of halogens is 1. The Bertz CT molecular complexity index is 1040. The van der Waals surface area contributed by atoms with Crippen molar-refractivity contribution >= 4 is 27.5 Å². The highest BCUT2D eigenvalue weighted by Gasteiger charge is 2.30. The molecule has 32 heavy (non-hydrogen) atoms. The molecule has 0 fully saturated rings. The highest BCUT2D eigenvalue weighted by Crippen LogP contribution is 2.19. The number of anilines is 1. The van der Waals surface area contributed by atoms with Gasteiger partial charge in [0.2, 0.25) is 21.8 Å². The zero-order valence-electron chi connectivity index (χ0n) is 19.0. The predicted octanol–water partition coefficient (Wildman–Crippen LogP) is 2.84. The highest BCUT2D eigenvalue weighted by molar-refractivity contribution is 7.92. The molecule has 1 atom stereocenters. The van der Waals surface area contributed by atoms with Crippen molar-refractivity contribution in [3.63, 3.8) is 0 Å². The molecule has 0 aliphatic rings. The standard InChI is InChI=1S/C23H30FN3O4S/c1-16(2)25-23(29)18(4)26(14-19-8-6-17(3)7-9-19)22(28)15-27(32(5,30)31)21-12-10-20(24)11-13-21/h6-13,16,18H,14-15H2,1-5H3,(H,25,29). The molecule has 2 aromatic carbocycles. The maximum Gasteiger partial charge on any atom is 0.244 e. The molecule has 2 aromatic rings. The Hall–Kier alpha value is -2.94. The average Bonchev–Trinajstić information content (AvgIpc) is 2.70. The molecule has 0 spiro atoms. The van der Waals surface area contributed by atoms with E-state index in [0.717, 1.165) is 33.8 Å². The summed E-state index contributed by atoms with van der Waals surface area (Å²) in [6.07, 6.45) is 0.975. The zero-order chi connectivity index (χ0) is 24.1. The van der Waals surface area contributed by atoms with Gasteiger partial charge in [0.05, 0.1) is 11.9 Å². The molecule has 0 heterocycles. The van der Waals surface area contributed by atoms with E-state index in [4.69, 9.17) is 0 Å². The van der Waals surface area contributed by atoms with Gasteiger partial charge < -0.3 is 10.2 Å². The number of aryl methyl sites for hydroxylation is 1. The summed E-state index contributed by atoms with van der Waals surface area (Å²) >= 11 is 0. The van der Waals surface area contributed by atoms with Crippen molar-refractivity contribution in [3.05, 3.63) is 65.5 Å². The van der Waals surface area contributed by atoms with Crippen molar-refractivity contribution in [2.24, 2.45) is 0 Å². The molecule has 1 unspecified atom stereocenters. The van der Waals surface area contributed by atoms with Crippen LogP contribution in [0, 0.1) is 12.7 Å². The second-order valence-corrected chi connectivity index (χ2v) is 10.00. The number of hydrogen-bond donors (Lipinski definition) is 1. The maximum atomic E-state index is 13.3. The first kappa shape index (κ1) is 25.3. The summed E-state index contributed by atoms with van der Waals surface area (Å²) in [5.41, 5.74) is 2.02. The molecular weight excluding hydrogens is 433 g/mol. The van der Waals surface area contributed by atoms with E-state index in [9.17, 15) is 22.4 Å². The van der Waals surface area contributed by atoms with Gasteiger partial charge in [-0.1, -0.05) is 29.8 Å². The number of hydrogen-bond acceptors (Lipinski definition) is 4. The third kappa shape index (κ3) is 7.05. The lowest BCUT2D eigenvalue weighted by atomic mass is 10.1. The van der Waals surface area contributed by atoms with Crippen LogP contribution in [0.15, 0.2) is 48.5 Å². The Balaban J connectivity index is 2.36. The fourth-order valence-corrected chi connectivity index (χ4v) is 3.95.